The molecule has 2 aliphatic rings. The molecule has 2 fully saturated rings. The van der Waals surface area contributed by atoms with Crippen LogP contribution in [-0.2, 0) is 14.4 Å². The van der Waals surface area contributed by atoms with Gasteiger partial charge in [-0.2, -0.15) is 0 Å². The first-order valence-electron chi connectivity index (χ1n) is 8.72. The second-order valence-electron chi connectivity index (χ2n) is 6.63. The van der Waals surface area contributed by atoms with Crippen molar-refractivity contribution in [1.82, 2.24) is 10.6 Å². The molecule has 8 nitrogen and oxygen atoms in total. The van der Waals surface area contributed by atoms with E-state index in [0.717, 1.165) is 24.0 Å². The molecule has 1 aromatic carbocycles. The van der Waals surface area contributed by atoms with Crippen molar-refractivity contribution < 1.29 is 29.4 Å². The second-order valence-corrected chi connectivity index (χ2v) is 6.63. The normalized spacial score (nSPS) is 20.4. The fourth-order valence-corrected chi connectivity index (χ4v) is 2.62. The number of hydrogen-bond donors (Lipinski definition) is 4. The largest absolute Gasteiger partial charge is 0.480 e. The lowest BCUT2D eigenvalue weighted by Gasteiger charge is -2.00. The van der Waals surface area contributed by atoms with E-state index in [-0.39, 0.29) is 11.8 Å². The number of carboxylic acid groups (broad SMARTS) is 2. The van der Waals surface area contributed by atoms with E-state index in [1.165, 1.54) is 0 Å². The first kappa shape index (κ1) is 22.1. The van der Waals surface area contributed by atoms with E-state index in [1.807, 2.05) is 19.9 Å². The van der Waals surface area contributed by atoms with E-state index < -0.39 is 18.0 Å². The van der Waals surface area contributed by atoms with Gasteiger partial charge >= 0.3 is 11.9 Å². The third kappa shape index (κ3) is 7.89. The molecule has 2 saturated heterocycles. The highest BCUT2D eigenvalue weighted by Crippen LogP contribution is 2.09. The van der Waals surface area contributed by atoms with Crippen LogP contribution < -0.4 is 10.6 Å². The van der Waals surface area contributed by atoms with Crippen LogP contribution in [0.5, 0.6) is 0 Å². The van der Waals surface area contributed by atoms with E-state index >= 15 is 0 Å². The number of carbonyl (C=O) groups is 4. The van der Waals surface area contributed by atoms with Gasteiger partial charge in [-0.05, 0) is 45.2 Å². The topological polar surface area (TPSA) is 133 Å². The summed E-state index contributed by atoms with van der Waals surface area (Å²) in [6.07, 6.45) is 2.51. The third-order valence-corrected chi connectivity index (χ3v) is 4.12. The number of aromatic carboxylic acids is 1. The van der Waals surface area contributed by atoms with Gasteiger partial charge in [0.05, 0.1) is 5.56 Å². The van der Waals surface area contributed by atoms with Gasteiger partial charge in [0, 0.05) is 18.9 Å². The molecular formula is C19H26N2O6. The molecule has 0 aliphatic carbocycles. The van der Waals surface area contributed by atoms with Crippen LogP contribution in [0.3, 0.4) is 0 Å². The van der Waals surface area contributed by atoms with Crippen molar-refractivity contribution in [3.05, 3.63) is 34.9 Å². The van der Waals surface area contributed by atoms with Gasteiger partial charge in [0.1, 0.15) is 6.04 Å². The number of aliphatic carboxylic acids is 1. The van der Waals surface area contributed by atoms with Crippen LogP contribution in [0.4, 0.5) is 0 Å². The molecule has 0 spiro atoms. The smallest absolute Gasteiger partial charge is 0.335 e. The predicted octanol–water partition coefficient (Wildman–Crippen LogP) is 1.64. The summed E-state index contributed by atoms with van der Waals surface area (Å²) in [6, 6.07) is 5.08. The Morgan fingerprint density at radius 3 is 1.89 bits per heavy atom. The number of carboxylic acids is 2. The molecule has 3 rings (SSSR count). The molecule has 1 aromatic rings. The molecule has 148 valence electrons. The van der Waals surface area contributed by atoms with Gasteiger partial charge in [-0.3, -0.25) is 9.59 Å². The Balaban J connectivity index is 0.000000208. The van der Waals surface area contributed by atoms with Gasteiger partial charge in [0.2, 0.25) is 11.8 Å². The van der Waals surface area contributed by atoms with E-state index in [1.54, 1.807) is 19.1 Å². The molecule has 27 heavy (non-hydrogen) atoms. The summed E-state index contributed by atoms with van der Waals surface area (Å²) >= 11 is 0. The molecule has 0 aromatic heterocycles. The monoisotopic (exact) mass is 378 g/mol. The Morgan fingerprint density at radius 2 is 1.59 bits per heavy atom. The quantitative estimate of drug-likeness (QED) is 0.618. The van der Waals surface area contributed by atoms with Crippen molar-refractivity contribution in [3.8, 4) is 0 Å². The summed E-state index contributed by atoms with van der Waals surface area (Å²) in [5, 5.41) is 22.1. The van der Waals surface area contributed by atoms with E-state index in [9.17, 15) is 19.2 Å². The third-order valence-electron chi connectivity index (χ3n) is 4.12. The molecule has 8 heteroatoms. The number of nitrogens with one attached hydrogen (secondary N) is 2. The molecule has 0 bridgehead atoms. The molecule has 1 unspecified atom stereocenters. The summed E-state index contributed by atoms with van der Waals surface area (Å²) in [7, 11) is 0. The number of hydrogen-bond acceptors (Lipinski definition) is 4. The van der Waals surface area contributed by atoms with Crippen LogP contribution in [0.2, 0.25) is 0 Å². The van der Waals surface area contributed by atoms with Crippen molar-refractivity contribution in [2.45, 2.75) is 58.5 Å². The summed E-state index contributed by atoms with van der Waals surface area (Å²) in [5.41, 5.74) is 2.29. The fraction of sp³-hybridized carbons (Fsp3) is 0.474. The number of aryl methyl sites for hydroxylation is 2. The highest BCUT2D eigenvalue weighted by atomic mass is 16.4. The Morgan fingerprint density at radius 1 is 1.00 bits per heavy atom. The lowest BCUT2D eigenvalue weighted by molar-refractivity contribution is -0.140. The van der Waals surface area contributed by atoms with Crippen molar-refractivity contribution in [1.29, 1.82) is 0 Å². The zero-order valence-corrected chi connectivity index (χ0v) is 15.7. The number of rotatable bonds is 2. The van der Waals surface area contributed by atoms with Crippen LogP contribution in [0.1, 0.15) is 54.1 Å². The predicted molar refractivity (Wildman–Crippen MR) is 98.5 cm³/mol. The molecule has 2 aliphatic heterocycles. The van der Waals surface area contributed by atoms with Gasteiger partial charge < -0.3 is 20.8 Å². The molecule has 2 heterocycles. The molecular weight excluding hydrogens is 352 g/mol. The minimum Gasteiger partial charge on any atom is -0.480 e. The van der Waals surface area contributed by atoms with Crippen LogP contribution in [0.25, 0.3) is 0 Å². The maximum absolute atomic E-state index is 10.5. The Labute approximate surface area is 158 Å². The Bertz CT molecular complexity index is 716. The zero-order chi connectivity index (χ0) is 20.6. The maximum atomic E-state index is 10.5. The molecule has 0 saturated carbocycles. The van der Waals surface area contributed by atoms with Crippen LogP contribution >= 0.6 is 0 Å². The van der Waals surface area contributed by atoms with Gasteiger partial charge in [-0.1, -0.05) is 17.7 Å². The highest BCUT2D eigenvalue weighted by Gasteiger charge is 2.26. The number of carbonyl (C=O) groups excluding carboxylic acids is 2. The summed E-state index contributed by atoms with van der Waals surface area (Å²) in [4.78, 5) is 41.4. The average molecular weight is 378 g/mol. The molecule has 4 N–H and O–H groups in total. The number of benzene rings is 1. The van der Waals surface area contributed by atoms with Gasteiger partial charge in [-0.25, -0.2) is 9.59 Å². The minimum absolute atomic E-state index is 0.164. The maximum Gasteiger partial charge on any atom is 0.335 e. The van der Waals surface area contributed by atoms with E-state index in [0.29, 0.717) is 24.4 Å². The first-order chi connectivity index (χ1) is 12.6. The summed E-state index contributed by atoms with van der Waals surface area (Å²) in [6.45, 7) is 5.76. The van der Waals surface area contributed by atoms with Crippen molar-refractivity contribution in [3.63, 3.8) is 0 Å². The molecule has 0 radical (unpaired) electrons. The second kappa shape index (κ2) is 10.3. The molecule has 2 amide bonds. The van der Waals surface area contributed by atoms with Crippen molar-refractivity contribution in [2.75, 3.05) is 0 Å². The minimum atomic E-state index is -0.944. The molecule has 2 atom stereocenters. The van der Waals surface area contributed by atoms with Crippen LogP contribution in [0, 0.1) is 13.8 Å². The number of amides is 2. The standard InChI is InChI=1S/C9H10O2.C5H7NO3.C5H9NO/c1-6-3-4-8(9(10)11)7(2)5-6;7-4-2-1-3(6-4)5(8)9;1-4-2-3-5(7)6-4/h3-5H,1-2H3,(H,10,11);3H,1-2H2,(H,6,7)(H,8,9);4H,2-3H2,1H3,(H,6,7)/t;3-;/m.0./s1. The van der Waals surface area contributed by atoms with Gasteiger partial charge in [0.25, 0.3) is 0 Å². The van der Waals surface area contributed by atoms with Gasteiger partial charge in [0.15, 0.2) is 0 Å². The highest BCUT2D eigenvalue weighted by molar-refractivity contribution is 5.89. The zero-order valence-electron chi connectivity index (χ0n) is 15.7. The van der Waals surface area contributed by atoms with Crippen LogP contribution in [0.15, 0.2) is 18.2 Å². The van der Waals surface area contributed by atoms with Crippen molar-refractivity contribution in [2.24, 2.45) is 0 Å². The van der Waals surface area contributed by atoms with Gasteiger partial charge in [-0.15, -0.1) is 0 Å². The Hall–Kier alpha value is -2.90. The lowest BCUT2D eigenvalue weighted by atomic mass is 10.1. The summed E-state index contributed by atoms with van der Waals surface area (Å²) in [5.74, 6) is -1.77. The average Bonchev–Trinajstić information content (AvgIpc) is 3.16. The first-order valence-corrected chi connectivity index (χ1v) is 8.72. The Kier molecular flexibility index (Phi) is 8.44. The SMILES string of the molecule is CC1CCC(=O)N1.Cc1ccc(C(=O)O)c(C)c1.O=C1CC[C@@H](C(=O)O)N1. The van der Waals surface area contributed by atoms with E-state index in [2.05, 4.69) is 10.6 Å². The van der Waals surface area contributed by atoms with Crippen LogP contribution in [-0.4, -0.2) is 46.0 Å². The van der Waals surface area contributed by atoms with Crippen molar-refractivity contribution >= 4 is 23.8 Å². The lowest BCUT2D eigenvalue weighted by Crippen LogP contribution is -2.32. The summed E-state index contributed by atoms with van der Waals surface area (Å²) < 4.78 is 0. The van der Waals surface area contributed by atoms with E-state index in [4.69, 9.17) is 10.2 Å². The fourth-order valence-electron chi connectivity index (χ4n) is 2.62.